The molecule has 0 aliphatic carbocycles. The van der Waals surface area contributed by atoms with Crippen molar-refractivity contribution in [3.8, 4) is 0 Å². The zero-order chi connectivity index (χ0) is 21.2. The molecule has 7 nitrogen and oxygen atoms in total. The molecule has 0 atom stereocenters. The molecule has 0 unspecified atom stereocenters. The molecular formula is C24H29N7. The largest absolute Gasteiger partial charge is 0.399 e. The number of aromatic nitrogens is 2. The minimum Gasteiger partial charge on any atom is -0.399 e. The molecule has 4 N–H and O–H groups in total. The maximum Gasteiger partial charge on any atom is 0.227 e. The van der Waals surface area contributed by atoms with E-state index in [4.69, 9.17) is 10.7 Å². The molecule has 2 aliphatic rings. The van der Waals surface area contributed by atoms with Gasteiger partial charge in [0.1, 0.15) is 0 Å². The van der Waals surface area contributed by atoms with Crippen LogP contribution < -0.4 is 26.2 Å². The van der Waals surface area contributed by atoms with E-state index in [9.17, 15) is 0 Å². The summed E-state index contributed by atoms with van der Waals surface area (Å²) in [7, 11) is 0. The predicted molar refractivity (Wildman–Crippen MR) is 127 cm³/mol. The molecule has 3 heterocycles. The number of fused-ring (bicyclic) bond motifs is 1. The molecule has 1 saturated heterocycles. The molecule has 2 aliphatic heterocycles. The highest BCUT2D eigenvalue weighted by atomic mass is 15.2. The first-order valence-electron chi connectivity index (χ1n) is 10.9. The monoisotopic (exact) mass is 415 g/mol. The van der Waals surface area contributed by atoms with Gasteiger partial charge in [-0.05, 0) is 48.9 Å². The highest BCUT2D eigenvalue weighted by molar-refractivity contribution is 5.62. The Bertz CT molecular complexity index is 1060. The third-order valence-corrected chi connectivity index (χ3v) is 6.11. The molecular weight excluding hydrogens is 386 g/mol. The third-order valence-electron chi connectivity index (χ3n) is 6.11. The number of hydrogen-bond acceptors (Lipinski definition) is 7. The first kappa shape index (κ1) is 19.6. The van der Waals surface area contributed by atoms with Crippen molar-refractivity contribution in [3.05, 3.63) is 65.5 Å². The molecule has 0 radical (unpaired) electrons. The van der Waals surface area contributed by atoms with Crippen molar-refractivity contribution in [1.29, 1.82) is 0 Å². The van der Waals surface area contributed by atoms with E-state index in [0.29, 0.717) is 5.95 Å². The number of piperazine rings is 1. The normalized spacial score (nSPS) is 16.2. The number of nitrogen functional groups attached to an aromatic ring is 1. The number of nitrogens with zero attached hydrogens (tertiary/aromatic N) is 4. The highest BCUT2D eigenvalue weighted by Gasteiger charge is 2.20. The maximum absolute atomic E-state index is 6.01. The lowest BCUT2D eigenvalue weighted by Crippen LogP contribution is -2.43. The van der Waals surface area contributed by atoms with Crippen LogP contribution >= 0.6 is 0 Å². The van der Waals surface area contributed by atoms with E-state index >= 15 is 0 Å². The maximum atomic E-state index is 6.01. The fourth-order valence-corrected chi connectivity index (χ4v) is 4.36. The van der Waals surface area contributed by atoms with E-state index in [1.54, 1.807) is 0 Å². The lowest BCUT2D eigenvalue weighted by atomic mass is 10.0. The van der Waals surface area contributed by atoms with Crippen LogP contribution in [0.25, 0.3) is 0 Å². The molecule has 5 rings (SSSR count). The average molecular weight is 416 g/mol. The Hall–Kier alpha value is -3.32. The Labute approximate surface area is 183 Å². The fourth-order valence-electron chi connectivity index (χ4n) is 4.36. The Morgan fingerprint density at radius 2 is 1.81 bits per heavy atom. The van der Waals surface area contributed by atoms with Crippen LogP contribution in [0.2, 0.25) is 0 Å². The van der Waals surface area contributed by atoms with Crippen molar-refractivity contribution in [2.24, 2.45) is 0 Å². The van der Waals surface area contributed by atoms with Crippen LogP contribution in [0, 0.1) is 6.92 Å². The van der Waals surface area contributed by atoms with Gasteiger partial charge in [0, 0.05) is 80.2 Å². The van der Waals surface area contributed by atoms with Gasteiger partial charge in [-0.1, -0.05) is 6.07 Å². The van der Waals surface area contributed by atoms with Gasteiger partial charge >= 0.3 is 0 Å². The van der Waals surface area contributed by atoms with Gasteiger partial charge in [0.05, 0.1) is 5.69 Å². The summed E-state index contributed by atoms with van der Waals surface area (Å²) in [6, 6.07) is 14.6. The van der Waals surface area contributed by atoms with Crippen molar-refractivity contribution in [1.82, 2.24) is 15.3 Å². The molecule has 3 aromatic rings. The number of nitrogens with one attached hydrogen (secondary N) is 2. The summed E-state index contributed by atoms with van der Waals surface area (Å²) in [5.74, 6) is 0.655. The van der Waals surface area contributed by atoms with Crippen molar-refractivity contribution in [2.75, 3.05) is 53.6 Å². The molecule has 7 heteroatoms. The topological polar surface area (TPSA) is 82.3 Å². The quantitative estimate of drug-likeness (QED) is 0.565. The average Bonchev–Trinajstić information content (AvgIpc) is 2.81. The number of hydrogen-bond donors (Lipinski definition) is 3. The highest BCUT2D eigenvalue weighted by Crippen LogP contribution is 2.28. The number of nitrogens with two attached hydrogens (primary N) is 1. The first-order valence-corrected chi connectivity index (χ1v) is 10.9. The number of anilines is 5. The Morgan fingerprint density at radius 1 is 1.00 bits per heavy atom. The van der Waals surface area contributed by atoms with Gasteiger partial charge in [-0.15, -0.1) is 0 Å². The van der Waals surface area contributed by atoms with Crippen molar-refractivity contribution < 1.29 is 0 Å². The lowest BCUT2D eigenvalue weighted by Gasteiger charge is -2.31. The summed E-state index contributed by atoms with van der Waals surface area (Å²) in [6.45, 7) is 8.03. The summed E-state index contributed by atoms with van der Waals surface area (Å²) in [5, 5.41) is 6.75. The minimum absolute atomic E-state index is 0.655. The van der Waals surface area contributed by atoms with Crippen LogP contribution in [0.1, 0.15) is 16.8 Å². The van der Waals surface area contributed by atoms with Crippen molar-refractivity contribution in [2.45, 2.75) is 19.9 Å². The molecule has 0 saturated carbocycles. The van der Waals surface area contributed by atoms with Crippen LogP contribution in [0.15, 0.2) is 48.7 Å². The predicted octanol–water partition coefficient (Wildman–Crippen LogP) is 3.08. The minimum atomic E-state index is 0.655. The second-order valence-corrected chi connectivity index (χ2v) is 8.29. The SMILES string of the molecule is Cc1ccc(N)cc1N1CCc2nc(Nc3ccc(N4CCNCC4)cc3)ncc2C1. The van der Waals surface area contributed by atoms with E-state index < -0.39 is 0 Å². The molecule has 1 aromatic heterocycles. The Kier molecular flexibility index (Phi) is 5.34. The van der Waals surface area contributed by atoms with Crippen LogP contribution in [0.3, 0.4) is 0 Å². The number of benzene rings is 2. The van der Waals surface area contributed by atoms with Gasteiger partial charge in [0.2, 0.25) is 5.95 Å². The van der Waals surface area contributed by atoms with Gasteiger partial charge in [-0.2, -0.15) is 0 Å². The Morgan fingerprint density at radius 3 is 2.61 bits per heavy atom. The van der Waals surface area contributed by atoms with Gasteiger partial charge in [0.25, 0.3) is 0 Å². The van der Waals surface area contributed by atoms with Gasteiger partial charge in [-0.3, -0.25) is 0 Å². The van der Waals surface area contributed by atoms with Crippen molar-refractivity contribution >= 4 is 28.7 Å². The smallest absolute Gasteiger partial charge is 0.227 e. The number of rotatable bonds is 4. The molecule has 2 aromatic carbocycles. The van der Waals surface area contributed by atoms with E-state index in [1.165, 1.54) is 22.5 Å². The lowest BCUT2D eigenvalue weighted by molar-refractivity contribution is 0.589. The summed E-state index contributed by atoms with van der Waals surface area (Å²) >= 11 is 0. The standard InChI is InChI=1S/C24H29N7/c1-17-2-3-19(25)14-23(17)31-11-8-22-18(16-31)15-27-24(29-22)28-20-4-6-21(7-5-20)30-12-9-26-10-13-30/h2-7,14-15,26H,8-13,16,25H2,1H3,(H,27,28,29). The summed E-state index contributed by atoms with van der Waals surface area (Å²) < 4.78 is 0. The number of aryl methyl sites for hydroxylation is 1. The second kappa shape index (κ2) is 8.43. The van der Waals surface area contributed by atoms with E-state index in [2.05, 4.69) is 68.7 Å². The molecule has 1 fully saturated rings. The van der Waals surface area contributed by atoms with Crippen LogP contribution in [-0.2, 0) is 13.0 Å². The van der Waals surface area contributed by atoms with E-state index in [0.717, 1.165) is 62.8 Å². The fraction of sp³-hybridized carbons (Fsp3) is 0.333. The summed E-state index contributed by atoms with van der Waals surface area (Å²) in [6.07, 6.45) is 2.84. The zero-order valence-electron chi connectivity index (χ0n) is 17.9. The Balaban J connectivity index is 1.27. The van der Waals surface area contributed by atoms with Gasteiger partial charge in [0.15, 0.2) is 0 Å². The summed E-state index contributed by atoms with van der Waals surface area (Å²) in [5.41, 5.74) is 13.8. The third kappa shape index (κ3) is 4.27. The van der Waals surface area contributed by atoms with Crippen molar-refractivity contribution in [3.63, 3.8) is 0 Å². The van der Waals surface area contributed by atoms with Crippen LogP contribution in [-0.4, -0.2) is 42.7 Å². The van der Waals surface area contributed by atoms with Crippen LogP contribution in [0.5, 0.6) is 0 Å². The molecule has 160 valence electrons. The molecule has 31 heavy (non-hydrogen) atoms. The molecule has 0 amide bonds. The molecule has 0 bridgehead atoms. The van der Waals surface area contributed by atoms with Crippen LogP contribution in [0.4, 0.5) is 28.7 Å². The second-order valence-electron chi connectivity index (χ2n) is 8.29. The summed E-state index contributed by atoms with van der Waals surface area (Å²) in [4.78, 5) is 14.1. The van der Waals surface area contributed by atoms with E-state index in [-0.39, 0.29) is 0 Å². The van der Waals surface area contributed by atoms with E-state index in [1.807, 2.05) is 12.3 Å². The van der Waals surface area contributed by atoms with Gasteiger partial charge < -0.3 is 26.2 Å². The van der Waals surface area contributed by atoms with Gasteiger partial charge in [-0.25, -0.2) is 9.97 Å². The first-order chi connectivity index (χ1) is 15.2. The zero-order valence-corrected chi connectivity index (χ0v) is 17.9. The molecule has 0 spiro atoms.